The molecule has 218 valence electrons. The first kappa shape index (κ1) is 30.1. The van der Waals surface area contributed by atoms with Crippen LogP contribution in [0.25, 0.3) is 19.5 Å². The molecule has 3 aromatic rings. The molecule has 5 heterocycles. The van der Waals surface area contributed by atoms with E-state index < -0.39 is 0 Å². The van der Waals surface area contributed by atoms with Gasteiger partial charge in [0.15, 0.2) is 11.5 Å². The molecule has 2 aliphatic rings. The van der Waals surface area contributed by atoms with Crippen LogP contribution in [0.3, 0.4) is 0 Å². The molecule has 0 amide bonds. The van der Waals surface area contributed by atoms with Crippen molar-refractivity contribution in [1.82, 2.24) is 0 Å². The van der Waals surface area contributed by atoms with Gasteiger partial charge in [-0.25, -0.2) is 0 Å². The van der Waals surface area contributed by atoms with Crippen LogP contribution in [0.4, 0.5) is 0 Å². The number of ether oxygens (including phenoxy) is 4. The predicted octanol–water partition coefficient (Wildman–Crippen LogP) is 9.52. The van der Waals surface area contributed by atoms with Crippen LogP contribution in [-0.2, 0) is 22.4 Å². The molecule has 0 N–H and O–H groups in total. The average molecular weight is 639 g/mol. The largest absolute Gasteiger partial charge is 0.492 e. The minimum Gasteiger partial charge on any atom is -0.492 e. The van der Waals surface area contributed by atoms with E-state index in [-0.39, 0.29) is 5.97 Å². The first-order chi connectivity index (χ1) is 19.7. The Morgan fingerprint density at radius 3 is 2.70 bits per heavy atom. The summed E-state index contributed by atoms with van der Waals surface area (Å²) in [4.78, 5) is 17.3. The molecule has 40 heavy (non-hydrogen) atoms. The first-order valence-corrected chi connectivity index (χ1v) is 19.3. The van der Waals surface area contributed by atoms with E-state index in [2.05, 4.69) is 25.3 Å². The van der Waals surface area contributed by atoms with E-state index in [4.69, 9.17) is 18.9 Å². The number of hydrogen-bond donors (Lipinski definition) is 0. The van der Waals surface area contributed by atoms with E-state index in [9.17, 15) is 4.79 Å². The van der Waals surface area contributed by atoms with Crippen molar-refractivity contribution in [3.8, 4) is 36.8 Å². The van der Waals surface area contributed by atoms with E-state index >= 15 is 0 Å². The van der Waals surface area contributed by atoms with Crippen molar-refractivity contribution in [2.24, 2.45) is 0 Å². The molecule has 5 nitrogen and oxygen atoms in total. The predicted molar refractivity (Wildman–Crippen MR) is 173 cm³/mol. The lowest BCUT2D eigenvalue weighted by Gasteiger charge is -2.15. The lowest BCUT2D eigenvalue weighted by Crippen LogP contribution is -2.14. The second-order valence-corrected chi connectivity index (χ2v) is 15.6. The minimum atomic E-state index is -0.0821. The minimum absolute atomic E-state index is 0.0821. The fourth-order valence-electron chi connectivity index (χ4n) is 4.88. The maximum Gasteiger partial charge on any atom is 0.305 e. The molecular weight excluding hydrogens is 601 g/mol. The number of carbonyl (C=O) groups is 1. The fraction of sp³-hybridized carbons (Fsp3) is 0.567. The summed E-state index contributed by atoms with van der Waals surface area (Å²) in [5, 5.41) is 4.96. The standard InChI is InChI=1S/C30H38O5S5/c1-3-7-22-23(32-12-4-2)18-36-29(22)28-20(10-13-34-26(31)9-6-5-8-21-11-16-38-40-21)17-25(39-28)30-27-24(19-37-30)33-14-15-35-27/h17-19,21H,3-16H2,1-2H3. The molecule has 1 saturated heterocycles. The lowest BCUT2D eigenvalue weighted by atomic mass is 10.1. The molecular formula is C30H38O5S5. The van der Waals surface area contributed by atoms with Crippen LogP contribution in [0.5, 0.6) is 17.2 Å². The number of hydrogen-bond acceptors (Lipinski definition) is 10. The molecule has 2 aliphatic heterocycles. The molecule has 3 aromatic heterocycles. The summed E-state index contributed by atoms with van der Waals surface area (Å²) in [7, 11) is 3.99. The number of thiophene rings is 3. The number of esters is 1. The highest BCUT2D eigenvalue weighted by Crippen LogP contribution is 2.51. The molecule has 0 bridgehead atoms. The van der Waals surface area contributed by atoms with Gasteiger partial charge in [-0.3, -0.25) is 4.79 Å². The Balaban J connectivity index is 1.30. The topological polar surface area (TPSA) is 54.0 Å². The Kier molecular flexibility index (Phi) is 11.5. The summed E-state index contributed by atoms with van der Waals surface area (Å²) in [6.45, 7) is 6.63. The second-order valence-electron chi connectivity index (χ2n) is 9.97. The molecule has 0 spiro atoms. The van der Waals surface area contributed by atoms with Gasteiger partial charge in [-0.2, -0.15) is 0 Å². The van der Waals surface area contributed by atoms with E-state index in [1.807, 2.05) is 27.0 Å². The summed E-state index contributed by atoms with van der Waals surface area (Å²) < 4.78 is 23.7. The molecule has 10 heteroatoms. The Bertz CT molecular complexity index is 1240. The van der Waals surface area contributed by atoms with Crippen molar-refractivity contribution in [3.05, 3.63) is 28.0 Å². The molecule has 0 aromatic carbocycles. The summed E-state index contributed by atoms with van der Waals surface area (Å²) in [6, 6.07) is 2.26. The number of unbranched alkanes of at least 4 members (excludes halogenated alkanes) is 1. The van der Waals surface area contributed by atoms with E-state index in [1.165, 1.54) is 44.4 Å². The van der Waals surface area contributed by atoms with Crippen LogP contribution in [0.15, 0.2) is 16.8 Å². The SMILES string of the molecule is CCCOc1csc(-c2sc(-c3scc4c3OCCO4)cc2CCOC(=O)CCCCC2CCSS2)c1CCC. The van der Waals surface area contributed by atoms with Crippen LogP contribution in [0.2, 0.25) is 0 Å². The zero-order chi connectivity index (χ0) is 27.7. The van der Waals surface area contributed by atoms with Crippen molar-refractivity contribution in [2.75, 3.05) is 32.2 Å². The van der Waals surface area contributed by atoms with Crippen molar-refractivity contribution in [2.45, 2.75) is 76.9 Å². The van der Waals surface area contributed by atoms with Crippen molar-refractivity contribution >= 4 is 61.6 Å². The molecule has 1 fully saturated rings. The van der Waals surface area contributed by atoms with Gasteiger partial charge >= 0.3 is 5.97 Å². The van der Waals surface area contributed by atoms with Crippen LogP contribution < -0.4 is 14.2 Å². The van der Waals surface area contributed by atoms with Crippen LogP contribution >= 0.6 is 55.6 Å². The number of carbonyl (C=O) groups excluding carboxylic acids is 1. The summed E-state index contributed by atoms with van der Waals surface area (Å²) >= 11 is 5.22. The highest BCUT2D eigenvalue weighted by atomic mass is 33.1. The van der Waals surface area contributed by atoms with Gasteiger partial charge in [-0.05, 0) is 43.7 Å². The van der Waals surface area contributed by atoms with E-state index in [1.54, 1.807) is 34.0 Å². The van der Waals surface area contributed by atoms with Gasteiger partial charge in [0.05, 0.1) is 23.0 Å². The van der Waals surface area contributed by atoms with Crippen LogP contribution in [0, 0.1) is 0 Å². The van der Waals surface area contributed by atoms with Crippen molar-refractivity contribution in [3.63, 3.8) is 0 Å². The number of rotatable bonds is 15. The van der Waals surface area contributed by atoms with Gasteiger partial charge in [0, 0.05) is 49.9 Å². The van der Waals surface area contributed by atoms with Gasteiger partial charge in [-0.15, -0.1) is 34.0 Å². The average Bonchev–Trinajstić information content (AvgIpc) is 3.77. The number of fused-ring (bicyclic) bond motifs is 1. The van der Waals surface area contributed by atoms with E-state index in [0.29, 0.717) is 32.7 Å². The van der Waals surface area contributed by atoms with Crippen LogP contribution in [-0.4, -0.2) is 43.4 Å². The maximum absolute atomic E-state index is 12.5. The Morgan fingerprint density at radius 2 is 1.88 bits per heavy atom. The van der Waals surface area contributed by atoms with Gasteiger partial charge in [0.1, 0.15) is 19.0 Å². The maximum atomic E-state index is 12.5. The monoisotopic (exact) mass is 638 g/mol. The molecule has 0 aliphatic carbocycles. The highest BCUT2D eigenvalue weighted by Gasteiger charge is 2.25. The highest BCUT2D eigenvalue weighted by molar-refractivity contribution is 8.77. The van der Waals surface area contributed by atoms with Gasteiger partial charge in [-0.1, -0.05) is 48.3 Å². The zero-order valence-electron chi connectivity index (χ0n) is 23.3. The van der Waals surface area contributed by atoms with Gasteiger partial charge < -0.3 is 18.9 Å². The third-order valence-electron chi connectivity index (χ3n) is 6.88. The van der Waals surface area contributed by atoms with Crippen molar-refractivity contribution < 1.29 is 23.7 Å². The smallest absolute Gasteiger partial charge is 0.305 e. The Hall–Kier alpha value is -1.33. The Morgan fingerprint density at radius 1 is 1.00 bits per heavy atom. The van der Waals surface area contributed by atoms with Crippen LogP contribution in [0.1, 0.15) is 69.9 Å². The molecule has 0 saturated carbocycles. The molecule has 1 atom stereocenters. The summed E-state index contributed by atoms with van der Waals surface area (Å²) in [5.74, 6) is 3.87. The lowest BCUT2D eigenvalue weighted by molar-refractivity contribution is -0.143. The quantitative estimate of drug-likeness (QED) is 0.0934. The van der Waals surface area contributed by atoms with Gasteiger partial charge in [0.25, 0.3) is 0 Å². The summed E-state index contributed by atoms with van der Waals surface area (Å²) in [6.07, 6.45) is 8.73. The van der Waals surface area contributed by atoms with Crippen molar-refractivity contribution in [1.29, 1.82) is 0 Å². The Labute approximate surface area is 257 Å². The zero-order valence-corrected chi connectivity index (χ0v) is 27.4. The third kappa shape index (κ3) is 7.54. The molecule has 0 radical (unpaired) electrons. The third-order valence-corrected chi connectivity index (χ3v) is 13.3. The van der Waals surface area contributed by atoms with E-state index in [0.717, 1.165) is 66.1 Å². The molecule has 5 rings (SSSR count). The fourth-order valence-corrected chi connectivity index (χ4v) is 11.4. The van der Waals surface area contributed by atoms with Gasteiger partial charge in [0.2, 0.25) is 0 Å². The second kappa shape index (κ2) is 15.2. The normalized spacial score (nSPS) is 16.4. The first-order valence-electron chi connectivity index (χ1n) is 14.4. The summed E-state index contributed by atoms with van der Waals surface area (Å²) in [5.41, 5.74) is 2.50. The molecule has 1 unspecified atom stereocenters.